The van der Waals surface area contributed by atoms with Crippen LogP contribution in [0.1, 0.15) is 16.8 Å². The standard InChI is InChI=1S/C24H27N3O2/c1-27(15-13-19-7-11-23(28-2)24(16-19)29-3)22-12-14-26-21(17-22)10-6-18-4-8-20(25)9-5-18/h4-12,14,16-17H,13,15,25H2,1-3H3. The van der Waals surface area contributed by atoms with E-state index in [1.54, 1.807) is 14.2 Å². The lowest BCUT2D eigenvalue weighted by molar-refractivity contribution is 0.354. The first-order valence-corrected chi connectivity index (χ1v) is 9.51. The molecule has 5 nitrogen and oxygen atoms in total. The number of nitrogen functional groups attached to an aromatic ring is 1. The number of rotatable bonds is 8. The highest BCUT2D eigenvalue weighted by atomic mass is 16.5. The molecule has 2 N–H and O–H groups in total. The number of methoxy groups -OCH3 is 2. The molecule has 0 bridgehead atoms. The number of benzene rings is 2. The van der Waals surface area contributed by atoms with Crippen LogP contribution in [-0.4, -0.2) is 32.8 Å². The van der Waals surface area contributed by atoms with Gasteiger partial charge in [0.2, 0.25) is 0 Å². The quantitative estimate of drug-likeness (QED) is 0.574. The van der Waals surface area contributed by atoms with Gasteiger partial charge in [0.15, 0.2) is 11.5 Å². The number of likely N-dealkylation sites (N-methyl/N-ethyl adjacent to an activating group) is 1. The van der Waals surface area contributed by atoms with Gasteiger partial charge in [-0.25, -0.2) is 0 Å². The summed E-state index contributed by atoms with van der Waals surface area (Å²) in [6.45, 7) is 0.876. The molecule has 2 aromatic carbocycles. The van der Waals surface area contributed by atoms with Gasteiger partial charge in [0.05, 0.1) is 19.9 Å². The van der Waals surface area contributed by atoms with Gasteiger partial charge in [0.25, 0.3) is 0 Å². The van der Waals surface area contributed by atoms with E-state index < -0.39 is 0 Å². The zero-order chi connectivity index (χ0) is 20.6. The zero-order valence-electron chi connectivity index (χ0n) is 17.1. The zero-order valence-corrected chi connectivity index (χ0v) is 17.1. The average Bonchev–Trinajstić information content (AvgIpc) is 2.77. The molecule has 0 fully saturated rings. The largest absolute Gasteiger partial charge is 0.493 e. The van der Waals surface area contributed by atoms with Crippen LogP contribution >= 0.6 is 0 Å². The highest BCUT2D eigenvalue weighted by molar-refractivity contribution is 5.70. The number of hydrogen-bond donors (Lipinski definition) is 1. The van der Waals surface area contributed by atoms with E-state index in [0.29, 0.717) is 0 Å². The summed E-state index contributed by atoms with van der Waals surface area (Å²) in [5.41, 5.74) is 10.8. The Morgan fingerprint density at radius 3 is 2.41 bits per heavy atom. The second-order valence-electron chi connectivity index (χ2n) is 6.80. The van der Waals surface area contributed by atoms with E-state index in [-0.39, 0.29) is 0 Å². The van der Waals surface area contributed by atoms with Gasteiger partial charge in [0.1, 0.15) is 0 Å². The molecule has 0 saturated heterocycles. The van der Waals surface area contributed by atoms with Crippen molar-refractivity contribution < 1.29 is 9.47 Å². The molecule has 0 radical (unpaired) electrons. The van der Waals surface area contributed by atoms with Crippen LogP contribution in [0, 0.1) is 0 Å². The van der Waals surface area contributed by atoms with Crippen LogP contribution in [0.15, 0.2) is 60.8 Å². The molecule has 1 heterocycles. The first-order valence-electron chi connectivity index (χ1n) is 9.51. The van der Waals surface area contributed by atoms with Crippen LogP contribution in [0.2, 0.25) is 0 Å². The summed E-state index contributed by atoms with van der Waals surface area (Å²) in [5, 5.41) is 0. The topological polar surface area (TPSA) is 60.6 Å². The van der Waals surface area contributed by atoms with Gasteiger partial charge in [0, 0.05) is 31.2 Å². The molecule has 0 amide bonds. The van der Waals surface area contributed by atoms with Crippen LogP contribution in [0.3, 0.4) is 0 Å². The highest BCUT2D eigenvalue weighted by Crippen LogP contribution is 2.28. The summed E-state index contributed by atoms with van der Waals surface area (Å²) in [7, 11) is 5.39. The lowest BCUT2D eigenvalue weighted by atomic mass is 10.1. The molecule has 0 saturated carbocycles. The summed E-state index contributed by atoms with van der Waals surface area (Å²) in [4.78, 5) is 6.67. The Labute approximate surface area is 172 Å². The summed E-state index contributed by atoms with van der Waals surface area (Å²) >= 11 is 0. The molecule has 0 aliphatic heterocycles. The predicted molar refractivity (Wildman–Crippen MR) is 121 cm³/mol. The lowest BCUT2D eigenvalue weighted by Gasteiger charge is -2.20. The Kier molecular flexibility index (Phi) is 6.74. The second-order valence-corrected chi connectivity index (χ2v) is 6.80. The van der Waals surface area contributed by atoms with Crippen molar-refractivity contribution in [2.45, 2.75) is 6.42 Å². The van der Waals surface area contributed by atoms with Crippen molar-refractivity contribution in [1.82, 2.24) is 4.98 Å². The molecule has 3 aromatic rings. The maximum absolute atomic E-state index is 5.73. The fourth-order valence-corrected chi connectivity index (χ4v) is 3.02. The Hall–Kier alpha value is -3.47. The summed E-state index contributed by atoms with van der Waals surface area (Å²) in [6, 6.07) is 17.9. The van der Waals surface area contributed by atoms with Gasteiger partial charge in [-0.1, -0.05) is 24.3 Å². The van der Waals surface area contributed by atoms with Crippen molar-refractivity contribution in [1.29, 1.82) is 0 Å². The van der Waals surface area contributed by atoms with Gasteiger partial charge in [-0.15, -0.1) is 0 Å². The minimum atomic E-state index is 0.747. The smallest absolute Gasteiger partial charge is 0.160 e. The van der Waals surface area contributed by atoms with Gasteiger partial charge in [-0.3, -0.25) is 4.98 Å². The van der Waals surface area contributed by atoms with Crippen molar-refractivity contribution in [2.75, 3.05) is 38.4 Å². The number of nitrogens with zero attached hydrogens (tertiary/aromatic N) is 2. The Morgan fingerprint density at radius 2 is 1.69 bits per heavy atom. The number of anilines is 2. The minimum absolute atomic E-state index is 0.747. The van der Waals surface area contributed by atoms with Crippen LogP contribution in [0.4, 0.5) is 11.4 Å². The first-order chi connectivity index (χ1) is 14.1. The van der Waals surface area contributed by atoms with E-state index in [9.17, 15) is 0 Å². The first kappa shape index (κ1) is 20.3. The number of pyridine rings is 1. The van der Waals surface area contributed by atoms with E-state index in [1.807, 2.05) is 60.8 Å². The monoisotopic (exact) mass is 389 g/mol. The van der Waals surface area contributed by atoms with Crippen molar-refractivity contribution in [3.63, 3.8) is 0 Å². The summed E-state index contributed by atoms with van der Waals surface area (Å²) in [5.74, 6) is 1.50. The molecule has 1 aromatic heterocycles. The Morgan fingerprint density at radius 1 is 0.931 bits per heavy atom. The van der Waals surface area contributed by atoms with Gasteiger partial charge < -0.3 is 20.1 Å². The molecule has 29 heavy (non-hydrogen) atoms. The van der Waals surface area contributed by atoms with Crippen LogP contribution in [-0.2, 0) is 6.42 Å². The Bertz CT molecular complexity index is 968. The molecule has 0 spiro atoms. The molecule has 150 valence electrons. The third kappa shape index (κ3) is 5.51. The van der Waals surface area contributed by atoms with Crippen LogP contribution < -0.4 is 20.1 Å². The normalized spacial score (nSPS) is 10.9. The third-order valence-corrected chi connectivity index (χ3v) is 4.77. The number of aromatic nitrogens is 1. The van der Waals surface area contributed by atoms with Crippen LogP contribution in [0.5, 0.6) is 11.5 Å². The van der Waals surface area contributed by atoms with E-state index in [1.165, 1.54) is 5.56 Å². The van der Waals surface area contributed by atoms with Gasteiger partial charge in [-0.2, -0.15) is 0 Å². The molecule has 0 unspecified atom stereocenters. The van der Waals surface area contributed by atoms with E-state index in [4.69, 9.17) is 15.2 Å². The maximum atomic E-state index is 5.73. The second kappa shape index (κ2) is 9.64. The maximum Gasteiger partial charge on any atom is 0.160 e. The molecule has 0 aliphatic rings. The molecule has 0 aliphatic carbocycles. The fourth-order valence-electron chi connectivity index (χ4n) is 3.02. The van der Waals surface area contributed by atoms with Crippen molar-refractivity contribution in [2.24, 2.45) is 0 Å². The molecule has 0 atom stereocenters. The third-order valence-electron chi connectivity index (χ3n) is 4.77. The number of nitrogens with two attached hydrogens (primary N) is 1. The number of hydrogen-bond acceptors (Lipinski definition) is 5. The van der Waals surface area contributed by atoms with E-state index in [0.717, 1.165) is 47.1 Å². The minimum Gasteiger partial charge on any atom is -0.493 e. The predicted octanol–water partition coefficient (Wildman–Crippen LogP) is 4.53. The van der Waals surface area contributed by atoms with Crippen molar-refractivity contribution in [3.8, 4) is 11.5 Å². The van der Waals surface area contributed by atoms with Gasteiger partial charge in [-0.05, 0) is 60.0 Å². The summed E-state index contributed by atoms with van der Waals surface area (Å²) in [6.07, 6.45) is 6.78. The Balaban J connectivity index is 1.64. The molecule has 3 rings (SSSR count). The fraction of sp³-hybridized carbons (Fsp3) is 0.208. The summed E-state index contributed by atoms with van der Waals surface area (Å²) < 4.78 is 10.7. The molecular formula is C24H27N3O2. The molecule has 5 heteroatoms. The van der Waals surface area contributed by atoms with E-state index in [2.05, 4.69) is 29.1 Å². The van der Waals surface area contributed by atoms with Gasteiger partial charge >= 0.3 is 0 Å². The SMILES string of the molecule is COc1ccc(CCN(C)c2ccnc(C=Cc3ccc(N)cc3)c2)cc1OC. The molecular weight excluding hydrogens is 362 g/mol. The highest BCUT2D eigenvalue weighted by Gasteiger charge is 2.07. The average molecular weight is 389 g/mol. The van der Waals surface area contributed by atoms with E-state index >= 15 is 0 Å². The number of ether oxygens (including phenoxy) is 2. The van der Waals surface area contributed by atoms with Crippen molar-refractivity contribution >= 4 is 23.5 Å². The van der Waals surface area contributed by atoms with Crippen molar-refractivity contribution in [3.05, 3.63) is 77.6 Å². The van der Waals surface area contributed by atoms with Crippen LogP contribution in [0.25, 0.3) is 12.2 Å². The lowest BCUT2D eigenvalue weighted by Crippen LogP contribution is -2.20.